The van der Waals surface area contributed by atoms with Crippen LogP contribution < -0.4 is 14.4 Å². The van der Waals surface area contributed by atoms with Crippen LogP contribution >= 0.6 is 11.6 Å². The summed E-state index contributed by atoms with van der Waals surface area (Å²) in [5.41, 5.74) is 2.59. The molecule has 4 rings (SSSR count). The van der Waals surface area contributed by atoms with Gasteiger partial charge in [-0.3, -0.25) is 14.5 Å². The van der Waals surface area contributed by atoms with E-state index in [9.17, 15) is 9.59 Å². The molecular formula is C28H36ClN3O4. The number of nitrogens with zero attached hydrogens (tertiary/aromatic N) is 3. The van der Waals surface area contributed by atoms with Crippen LogP contribution in [0.15, 0.2) is 36.4 Å². The van der Waals surface area contributed by atoms with Crippen molar-refractivity contribution in [1.29, 1.82) is 0 Å². The van der Waals surface area contributed by atoms with Crippen LogP contribution in [0.25, 0.3) is 0 Å². The summed E-state index contributed by atoms with van der Waals surface area (Å²) >= 11 is 6.34. The zero-order valence-electron chi connectivity index (χ0n) is 21.5. The number of carbonyl (C=O) groups is 2. The normalized spacial score (nSPS) is 17.2. The molecular weight excluding hydrogens is 478 g/mol. The van der Waals surface area contributed by atoms with Gasteiger partial charge in [-0.05, 0) is 55.7 Å². The average Bonchev–Trinajstić information content (AvgIpc) is 3.09. The van der Waals surface area contributed by atoms with Crippen molar-refractivity contribution in [2.75, 3.05) is 44.3 Å². The van der Waals surface area contributed by atoms with Gasteiger partial charge in [-0.15, -0.1) is 0 Å². The van der Waals surface area contributed by atoms with Crippen LogP contribution in [0, 0.1) is 0 Å². The molecule has 0 saturated heterocycles. The van der Waals surface area contributed by atoms with Gasteiger partial charge in [0.2, 0.25) is 11.8 Å². The Labute approximate surface area is 218 Å². The molecule has 2 heterocycles. The fourth-order valence-electron chi connectivity index (χ4n) is 4.78. The third kappa shape index (κ3) is 6.51. The highest BCUT2D eigenvalue weighted by Crippen LogP contribution is 2.31. The van der Waals surface area contributed by atoms with Crippen LogP contribution in [0.5, 0.6) is 11.5 Å². The molecule has 36 heavy (non-hydrogen) atoms. The van der Waals surface area contributed by atoms with Crippen molar-refractivity contribution in [3.63, 3.8) is 0 Å². The van der Waals surface area contributed by atoms with E-state index in [4.69, 9.17) is 21.1 Å². The molecule has 2 aliphatic heterocycles. The first-order valence-corrected chi connectivity index (χ1v) is 13.2. The number of carbonyl (C=O) groups excluding carboxylic acids is 2. The van der Waals surface area contributed by atoms with Gasteiger partial charge in [-0.2, -0.15) is 0 Å². The molecule has 0 N–H and O–H groups in total. The molecule has 0 aliphatic carbocycles. The summed E-state index contributed by atoms with van der Waals surface area (Å²) in [4.78, 5) is 32.3. The Morgan fingerprint density at radius 3 is 2.47 bits per heavy atom. The number of hydrogen-bond donors (Lipinski definition) is 0. The largest absolute Gasteiger partial charge is 0.490 e. The fourth-order valence-corrected chi connectivity index (χ4v) is 4.95. The molecule has 2 amide bonds. The Kier molecular flexibility index (Phi) is 8.75. The van der Waals surface area contributed by atoms with Gasteiger partial charge in [0.15, 0.2) is 11.5 Å². The first-order valence-electron chi connectivity index (χ1n) is 12.8. The maximum absolute atomic E-state index is 13.7. The zero-order chi connectivity index (χ0) is 25.7. The molecule has 0 saturated carbocycles. The lowest BCUT2D eigenvalue weighted by molar-refractivity contribution is -0.131. The molecule has 0 fully saturated rings. The highest BCUT2D eigenvalue weighted by molar-refractivity contribution is 6.31. The predicted octanol–water partition coefficient (Wildman–Crippen LogP) is 4.54. The highest BCUT2D eigenvalue weighted by atomic mass is 35.5. The first-order chi connectivity index (χ1) is 17.3. The van der Waals surface area contributed by atoms with E-state index in [-0.39, 0.29) is 18.2 Å². The van der Waals surface area contributed by atoms with Crippen LogP contribution in [0.1, 0.15) is 44.7 Å². The number of anilines is 1. The Bertz CT molecular complexity index is 1090. The molecule has 2 aromatic carbocycles. The van der Waals surface area contributed by atoms with Crippen molar-refractivity contribution in [3.05, 3.63) is 52.5 Å². The average molecular weight is 514 g/mol. The SMILES string of the molecule is CC(=O)N1CCCN(C(C)C)CCN(C(=O)Cc2ccc3c(c2)OCCCO3)Cc2ccc(Cl)cc21. The van der Waals surface area contributed by atoms with Crippen molar-refractivity contribution < 1.29 is 19.1 Å². The quantitative estimate of drug-likeness (QED) is 0.603. The van der Waals surface area contributed by atoms with Gasteiger partial charge >= 0.3 is 0 Å². The van der Waals surface area contributed by atoms with Crippen LogP contribution in [-0.2, 0) is 22.6 Å². The second kappa shape index (κ2) is 12.0. The lowest BCUT2D eigenvalue weighted by Crippen LogP contribution is -2.41. The number of ether oxygens (including phenoxy) is 2. The summed E-state index contributed by atoms with van der Waals surface area (Å²) in [5, 5.41) is 0.573. The van der Waals surface area contributed by atoms with E-state index < -0.39 is 0 Å². The Morgan fingerprint density at radius 2 is 1.72 bits per heavy atom. The van der Waals surface area contributed by atoms with Crippen molar-refractivity contribution in [3.8, 4) is 11.5 Å². The van der Waals surface area contributed by atoms with E-state index in [1.165, 1.54) is 0 Å². The van der Waals surface area contributed by atoms with Gasteiger partial charge in [-0.1, -0.05) is 23.7 Å². The zero-order valence-corrected chi connectivity index (χ0v) is 22.2. The summed E-state index contributed by atoms with van der Waals surface area (Å²) in [7, 11) is 0. The number of hydrogen-bond acceptors (Lipinski definition) is 5. The Morgan fingerprint density at radius 1 is 0.944 bits per heavy atom. The van der Waals surface area contributed by atoms with E-state index in [0.29, 0.717) is 49.7 Å². The maximum Gasteiger partial charge on any atom is 0.227 e. The van der Waals surface area contributed by atoms with Crippen molar-refractivity contribution >= 4 is 29.1 Å². The lowest BCUT2D eigenvalue weighted by atomic mass is 10.1. The number of rotatable bonds is 3. The molecule has 2 aliphatic rings. The molecule has 194 valence electrons. The number of benzene rings is 2. The van der Waals surface area contributed by atoms with Crippen LogP contribution in [-0.4, -0.2) is 67.0 Å². The standard InChI is InChI=1S/C28H36ClN3O4/c1-20(2)30-10-4-11-32(21(3)33)25-18-24(29)8-7-23(25)19-31(13-12-30)28(34)17-22-6-9-26-27(16-22)36-15-5-14-35-26/h6-9,16,18,20H,4-5,10-15,17,19H2,1-3H3. The van der Waals surface area contributed by atoms with E-state index in [1.54, 1.807) is 11.8 Å². The minimum atomic E-state index is -0.0288. The maximum atomic E-state index is 13.7. The minimum Gasteiger partial charge on any atom is -0.490 e. The molecule has 8 heteroatoms. The van der Waals surface area contributed by atoms with Crippen LogP contribution in [0.3, 0.4) is 0 Å². The Balaban J connectivity index is 1.62. The Hall–Kier alpha value is -2.77. The third-order valence-corrected chi connectivity index (χ3v) is 7.05. The second-order valence-corrected chi connectivity index (χ2v) is 10.2. The van der Waals surface area contributed by atoms with E-state index in [1.807, 2.05) is 41.3 Å². The molecule has 0 unspecified atom stereocenters. The van der Waals surface area contributed by atoms with E-state index in [2.05, 4.69) is 18.7 Å². The van der Waals surface area contributed by atoms with Crippen LogP contribution in [0.2, 0.25) is 5.02 Å². The predicted molar refractivity (Wildman–Crippen MR) is 142 cm³/mol. The van der Waals surface area contributed by atoms with Crippen LogP contribution in [0.4, 0.5) is 5.69 Å². The van der Waals surface area contributed by atoms with Gasteiger partial charge in [0.05, 0.1) is 25.3 Å². The number of halogens is 1. The summed E-state index contributed by atoms with van der Waals surface area (Å²) < 4.78 is 11.6. The van der Waals surface area contributed by atoms with Gasteiger partial charge < -0.3 is 19.3 Å². The van der Waals surface area contributed by atoms with Gasteiger partial charge in [-0.25, -0.2) is 0 Å². The molecule has 0 spiro atoms. The lowest BCUT2D eigenvalue weighted by Gasteiger charge is -2.30. The molecule has 0 aromatic heterocycles. The van der Waals surface area contributed by atoms with Gasteiger partial charge in [0.25, 0.3) is 0 Å². The first kappa shape index (κ1) is 26.3. The summed E-state index contributed by atoms with van der Waals surface area (Å²) in [6, 6.07) is 11.7. The topological polar surface area (TPSA) is 62.3 Å². The van der Waals surface area contributed by atoms with E-state index >= 15 is 0 Å². The molecule has 2 aromatic rings. The highest BCUT2D eigenvalue weighted by Gasteiger charge is 2.24. The number of amides is 2. The van der Waals surface area contributed by atoms with E-state index in [0.717, 1.165) is 48.5 Å². The van der Waals surface area contributed by atoms with Crippen molar-refractivity contribution in [2.45, 2.75) is 52.6 Å². The fraction of sp³-hybridized carbons (Fsp3) is 0.500. The van der Waals surface area contributed by atoms with Crippen molar-refractivity contribution in [2.24, 2.45) is 0 Å². The molecule has 0 bridgehead atoms. The summed E-state index contributed by atoms with van der Waals surface area (Å²) in [5.74, 6) is 1.42. The molecule has 7 nitrogen and oxygen atoms in total. The minimum absolute atomic E-state index is 0.0288. The summed E-state index contributed by atoms with van der Waals surface area (Å²) in [6.07, 6.45) is 1.94. The summed E-state index contributed by atoms with van der Waals surface area (Å²) in [6.45, 7) is 10.4. The molecule has 0 radical (unpaired) electrons. The van der Waals surface area contributed by atoms with Gasteiger partial charge in [0, 0.05) is 57.1 Å². The second-order valence-electron chi connectivity index (χ2n) is 9.75. The number of fused-ring (bicyclic) bond motifs is 2. The van der Waals surface area contributed by atoms with Crippen molar-refractivity contribution in [1.82, 2.24) is 9.80 Å². The monoisotopic (exact) mass is 513 g/mol. The molecule has 0 atom stereocenters. The van der Waals surface area contributed by atoms with Gasteiger partial charge in [0.1, 0.15) is 0 Å². The smallest absolute Gasteiger partial charge is 0.227 e. The third-order valence-electron chi connectivity index (χ3n) is 6.81.